The average Bonchev–Trinajstić information content (AvgIpc) is 2.92. The Morgan fingerprint density at radius 2 is 1.77 bits per heavy atom. The minimum absolute atomic E-state index is 0.658. The summed E-state index contributed by atoms with van der Waals surface area (Å²) in [6.07, 6.45) is 11.9. The van der Waals surface area contributed by atoms with Gasteiger partial charge in [-0.25, -0.2) is 9.97 Å². The Hall–Kier alpha value is -1.16. The van der Waals surface area contributed by atoms with Crippen molar-refractivity contribution in [2.45, 2.75) is 70.8 Å². The van der Waals surface area contributed by atoms with Gasteiger partial charge in [0.15, 0.2) is 0 Å². The lowest BCUT2D eigenvalue weighted by Crippen LogP contribution is -2.34. The molecule has 2 aromatic heterocycles. The number of anilines is 1. The number of aryl methyl sites for hydroxylation is 3. The third kappa shape index (κ3) is 2.41. The molecule has 2 aromatic rings. The zero-order valence-corrected chi connectivity index (χ0v) is 14.5. The van der Waals surface area contributed by atoms with Gasteiger partial charge in [0, 0.05) is 18.0 Å². The van der Waals surface area contributed by atoms with Crippen molar-refractivity contribution >= 4 is 27.4 Å². The second-order valence-electron chi connectivity index (χ2n) is 6.89. The van der Waals surface area contributed by atoms with Gasteiger partial charge in [0.25, 0.3) is 0 Å². The number of rotatable bonds is 2. The summed E-state index contributed by atoms with van der Waals surface area (Å²) in [5.74, 6) is 2.12. The van der Waals surface area contributed by atoms with Crippen molar-refractivity contribution in [3.8, 4) is 0 Å². The number of aromatic nitrogens is 2. The lowest BCUT2D eigenvalue weighted by Gasteiger charge is -2.32. The molecule has 0 aromatic carbocycles. The molecule has 4 heteroatoms. The van der Waals surface area contributed by atoms with Crippen LogP contribution in [0.3, 0.4) is 0 Å². The lowest BCUT2D eigenvalue weighted by molar-refractivity contribution is 0.426. The van der Waals surface area contributed by atoms with E-state index in [1.54, 1.807) is 10.4 Å². The third-order valence-corrected chi connectivity index (χ3v) is 6.55. The number of fused-ring (bicyclic) bond motifs is 3. The summed E-state index contributed by atoms with van der Waals surface area (Å²) in [6, 6.07) is 0.658. The molecule has 0 N–H and O–H groups in total. The number of thiophene rings is 1. The first kappa shape index (κ1) is 14.4. The van der Waals surface area contributed by atoms with Crippen LogP contribution < -0.4 is 4.90 Å². The predicted molar refractivity (Wildman–Crippen MR) is 94.1 cm³/mol. The standard InChI is InChI=1S/C18H25N3S/c1-12-19-17(21(2)13-8-4-3-5-9-13)16-14-10-6-7-11-15(14)22-18(16)20-12/h13H,3-11H2,1-2H3. The van der Waals surface area contributed by atoms with Crippen LogP contribution in [0.4, 0.5) is 5.82 Å². The van der Waals surface area contributed by atoms with Crippen molar-refractivity contribution in [3.63, 3.8) is 0 Å². The fraction of sp³-hybridized carbons (Fsp3) is 0.667. The fourth-order valence-corrected chi connectivity index (χ4v) is 5.44. The van der Waals surface area contributed by atoms with Gasteiger partial charge in [-0.2, -0.15) is 0 Å². The number of hydrogen-bond donors (Lipinski definition) is 0. The number of hydrogen-bond acceptors (Lipinski definition) is 4. The van der Waals surface area contributed by atoms with Crippen LogP contribution >= 0.6 is 11.3 Å². The van der Waals surface area contributed by atoms with Crippen molar-refractivity contribution < 1.29 is 0 Å². The summed E-state index contributed by atoms with van der Waals surface area (Å²) in [6.45, 7) is 2.04. The van der Waals surface area contributed by atoms with E-state index in [4.69, 9.17) is 9.97 Å². The van der Waals surface area contributed by atoms with Gasteiger partial charge in [0.1, 0.15) is 16.5 Å². The van der Waals surface area contributed by atoms with Crippen molar-refractivity contribution in [3.05, 3.63) is 16.3 Å². The molecule has 0 amide bonds. The molecule has 4 rings (SSSR count). The minimum Gasteiger partial charge on any atom is -0.356 e. The molecule has 2 aliphatic carbocycles. The van der Waals surface area contributed by atoms with E-state index in [9.17, 15) is 0 Å². The molecule has 1 saturated carbocycles. The van der Waals surface area contributed by atoms with Crippen LogP contribution in [-0.4, -0.2) is 23.1 Å². The monoisotopic (exact) mass is 315 g/mol. The molecule has 0 unspecified atom stereocenters. The van der Waals surface area contributed by atoms with Gasteiger partial charge in [0.05, 0.1) is 5.39 Å². The normalized spacial score (nSPS) is 19.4. The van der Waals surface area contributed by atoms with Crippen molar-refractivity contribution in [1.82, 2.24) is 9.97 Å². The highest BCUT2D eigenvalue weighted by Crippen LogP contribution is 2.40. The molecule has 0 aliphatic heterocycles. The third-order valence-electron chi connectivity index (χ3n) is 5.36. The smallest absolute Gasteiger partial charge is 0.141 e. The van der Waals surface area contributed by atoms with Crippen LogP contribution in [0, 0.1) is 6.92 Å². The fourth-order valence-electron chi connectivity index (χ4n) is 4.14. The highest BCUT2D eigenvalue weighted by atomic mass is 32.1. The topological polar surface area (TPSA) is 29.0 Å². The van der Waals surface area contributed by atoms with Crippen molar-refractivity contribution in [1.29, 1.82) is 0 Å². The lowest BCUT2D eigenvalue weighted by atomic mass is 9.93. The molecular weight excluding hydrogens is 290 g/mol. The van der Waals surface area contributed by atoms with Crippen LogP contribution in [0.15, 0.2) is 0 Å². The van der Waals surface area contributed by atoms with Crippen LogP contribution in [0.1, 0.15) is 61.2 Å². The molecule has 1 fully saturated rings. The van der Waals surface area contributed by atoms with Gasteiger partial charge in [-0.1, -0.05) is 19.3 Å². The Kier molecular flexibility index (Phi) is 3.81. The summed E-state index contributed by atoms with van der Waals surface area (Å²) in [4.78, 5) is 14.9. The Morgan fingerprint density at radius 3 is 2.59 bits per heavy atom. The average molecular weight is 315 g/mol. The predicted octanol–water partition coefficient (Wildman–Crippen LogP) is 4.65. The van der Waals surface area contributed by atoms with Gasteiger partial charge in [-0.15, -0.1) is 11.3 Å². The SMILES string of the molecule is Cc1nc(N(C)C2CCCCC2)c2c3c(sc2n1)CCCC3. The van der Waals surface area contributed by atoms with Crippen molar-refractivity contribution in [2.75, 3.05) is 11.9 Å². The first-order valence-electron chi connectivity index (χ1n) is 8.76. The minimum atomic E-state index is 0.658. The van der Waals surface area contributed by atoms with Crippen LogP contribution in [0.2, 0.25) is 0 Å². The molecular formula is C18H25N3S. The molecule has 22 heavy (non-hydrogen) atoms. The highest BCUT2D eigenvalue weighted by Gasteiger charge is 2.25. The van der Waals surface area contributed by atoms with Crippen LogP contribution in [-0.2, 0) is 12.8 Å². The van der Waals surface area contributed by atoms with E-state index in [1.165, 1.54) is 73.8 Å². The summed E-state index contributed by atoms with van der Waals surface area (Å²) >= 11 is 1.91. The van der Waals surface area contributed by atoms with Gasteiger partial charge < -0.3 is 4.90 Å². The van der Waals surface area contributed by atoms with E-state index in [1.807, 2.05) is 18.3 Å². The number of nitrogens with zero attached hydrogens (tertiary/aromatic N) is 3. The molecule has 118 valence electrons. The van der Waals surface area contributed by atoms with E-state index in [0.29, 0.717) is 6.04 Å². The summed E-state index contributed by atoms with van der Waals surface area (Å²) < 4.78 is 0. The maximum absolute atomic E-state index is 4.88. The summed E-state index contributed by atoms with van der Waals surface area (Å²) in [5.41, 5.74) is 1.56. The van der Waals surface area contributed by atoms with E-state index in [0.717, 1.165) is 5.82 Å². The first-order valence-corrected chi connectivity index (χ1v) is 9.57. The molecule has 0 radical (unpaired) electrons. The van der Waals surface area contributed by atoms with Crippen molar-refractivity contribution in [2.24, 2.45) is 0 Å². The quantitative estimate of drug-likeness (QED) is 0.808. The van der Waals surface area contributed by atoms with Gasteiger partial charge >= 0.3 is 0 Å². The van der Waals surface area contributed by atoms with Crippen LogP contribution in [0.5, 0.6) is 0 Å². The van der Waals surface area contributed by atoms with Gasteiger partial charge in [-0.05, 0) is 51.0 Å². The molecule has 2 aliphatic rings. The highest BCUT2D eigenvalue weighted by molar-refractivity contribution is 7.19. The Labute approximate surface area is 136 Å². The molecule has 3 nitrogen and oxygen atoms in total. The Balaban J connectivity index is 1.83. The van der Waals surface area contributed by atoms with E-state index < -0.39 is 0 Å². The molecule has 2 heterocycles. The molecule has 0 spiro atoms. The summed E-state index contributed by atoms with van der Waals surface area (Å²) in [7, 11) is 2.25. The maximum Gasteiger partial charge on any atom is 0.141 e. The van der Waals surface area contributed by atoms with E-state index in [2.05, 4.69) is 11.9 Å². The van der Waals surface area contributed by atoms with Gasteiger partial charge in [-0.3, -0.25) is 0 Å². The van der Waals surface area contributed by atoms with Crippen LogP contribution in [0.25, 0.3) is 10.2 Å². The second kappa shape index (κ2) is 5.80. The van der Waals surface area contributed by atoms with E-state index >= 15 is 0 Å². The first-order chi connectivity index (χ1) is 10.7. The second-order valence-corrected chi connectivity index (χ2v) is 7.97. The maximum atomic E-state index is 4.88. The Bertz CT molecular complexity index is 685. The largest absolute Gasteiger partial charge is 0.356 e. The zero-order chi connectivity index (χ0) is 15.1. The van der Waals surface area contributed by atoms with E-state index in [-0.39, 0.29) is 0 Å². The van der Waals surface area contributed by atoms with Gasteiger partial charge in [0.2, 0.25) is 0 Å². The Morgan fingerprint density at radius 1 is 1.00 bits per heavy atom. The molecule has 0 bridgehead atoms. The summed E-state index contributed by atoms with van der Waals surface area (Å²) in [5, 5.41) is 1.37. The molecule has 0 saturated heterocycles. The molecule has 0 atom stereocenters. The zero-order valence-electron chi connectivity index (χ0n) is 13.7.